The number of hydrogen-bond donors (Lipinski definition) is 1. The Morgan fingerprint density at radius 2 is 1.27 bits per heavy atom. The van der Waals surface area contributed by atoms with Crippen molar-refractivity contribution < 1.29 is 9.15 Å². The summed E-state index contributed by atoms with van der Waals surface area (Å²) in [5, 5.41) is 10.5. The highest BCUT2D eigenvalue weighted by Crippen LogP contribution is 2.50. The van der Waals surface area contributed by atoms with Gasteiger partial charge in [-0.15, -0.1) is 0 Å². The number of furan rings is 1. The Kier molecular flexibility index (Phi) is 8.30. The number of allylic oxidation sites excluding steroid dienone is 2. The third-order valence-electron chi connectivity index (χ3n) is 10.2. The first-order valence-corrected chi connectivity index (χ1v) is 18.5. The molecule has 0 bridgehead atoms. The second kappa shape index (κ2) is 14.0. The number of para-hydroxylation sites is 2. The van der Waals surface area contributed by atoms with Crippen LogP contribution in [0, 0.1) is 5.41 Å². The van der Waals surface area contributed by atoms with Crippen molar-refractivity contribution in [2.75, 3.05) is 0 Å². The summed E-state index contributed by atoms with van der Waals surface area (Å²) in [5.41, 5.74) is 8.96. The topological polar surface area (TPSA) is 97.2 Å². The van der Waals surface area contributed by atoms with Gasteiger partial charge in [-0.05, 0) is 52.6 Å². The van der Waals surface area contributed by atoms with Crippen LogP contribution in [0.3, 0.4) is 0 Å². The number of nitrogens with zero attached hydrogens (tertiary/aromatic N) is 4. The molecule has 56 heavy (non-hydrogen) atoms. The number of fused-ring (bicyclic) bond motifs is 4. The van der Waals surface area contributed by atoms with Crippen molar-refractivity contribution >= 4 is 28.6 Å². The molecule has 0 spiro atoms. The van der Waals surface area contributed by atoms with Crippen LogP contribution in [0.25, 0.3) is 56.3 Å². The first-order chi connectivity index (χ1) is 27.7. The molecular weight excluding hydrogens is 691 g/mol. The monoisotopic (exact) mass is 723 g/mol. The molecular formula is C49H33N5O2. The van der Waals surface area contributed by atoms with Crippen molar-refractivity contribution in [2.24, 2.45) is 4.99 Å². The quantitative estimate of drug-likeness (QED) is 0.157. The lowest BCUT2D eigenvalue weighted by Gasteiger charge is -2.22. The molecule has 0 amide bonds. The predicted octanol–water partition coefficient (Wildman–Crippen LogP) is 11.4. The summed E-state index contributed by atoms with van der Waals surface area (Å²) in [6.45, 7) is 0. The van der Waals surface area contributed by atoms with E-state index in [0.717, 1.165) is 49.9 Å². The molecule has 2 aromatic heterocycles. The zero-order valence-electron chi connectivity index (χ0n) is 30.1. The van der Waals surface area contributed by atoms with E-state index in [-0.39, 0.29) is 17.7 Å². The van der Waals surface area contributed by atoms with Gasteiger partial charge >= 0.3 is 0 Å². The van der Waals surface area contributed by atoms with Gasteiger partial charge in [-0.3, -0.25) is 10.4 Å². The van der Waals surface area contributed by atoms with E-state index in [1.54, 1.807) is 0 Å². The molecule has 266 valence electrons. The van der Waals surface area contributed by atoms with E-state index >= 15 is 0 Å². The molecule has 2 unspecified atom stereocenters. The van der Waals surface area contributed by atoms with Crippen LogP contribution in [0.5, 0.6) is 5.75 Å². The molecule has 2 atom stereocenters. The maximum Gasteiger partial charge on any atom is 0.178 e. The normalized spacial score (nSPS) is 15.7. The van der Waals surface area contributed by atoms with Gasteiger partial charge in [0.05, 0.1) is 11.5 Å². The molecule has 0 radical (unpaired) electrons. The molecule has 1 aliphatic heterocycles. The lowest BCUT2D eigenvalue weighted by molar-refractivity contribution is 0.267. The van der Waals surface area contributed by atoms with Crippen LogP contribution >= 0.6 is 0 Å². The van der Waals surface area contributed by atoms with Crippen molar-refractivity contribution in [1.29, 1.82) is 5.41 Å². The molecule has 7 nitrogen and oxygen atoms in total. The Morgan fingerprint density at radius 3 is 2.07 bits per heavy atom. The third-order valence-corrected chi connectivity index (χ3v) is 10.2. The lowest BCUT2D eigenvalue weighted by atomic mass is 9.81. The first kappa shape index (κ1) is 33.1. The van der Waals surface area contributed by atoms with E-state index in [2.05, 4.69) is 30.3 Å². The van der Waals surface area contributed by atoms with Gasteiger partial charge in [0.2, 0.25) is 0 Å². The number of nitrogens with one attached hydrogen (secondary N) is 1. The highest BCUT2D eigenvalue weighted by Gasteiger charge is 2.41. The van der Waals surface area contributed by atoms with Crippen molar-refractivity contribution in [1.82, 2.24) is 15.0 Å². The number of aromatic nitrogens is 3. The first-order valence-electron chi connectivity index (χ1n) is 18.5. The van der Waals surface area contributed by atoms with Crippen molar-refractivity contribution in [3.8, 4) is 51.0 Å². The molecule has 2 aliphatic rings. The summed E-state index contributed by atoms with van der Waals surface area (Å²) in [5.74, 6) is 2.48. The van der Waals surface area contributed by atoms with Crippen molar-refractivity contribution in [3.05, 3.63) is 198 Å². The van der Waals surface area contributed by atoms with E-state index < -0.39 is 0 Å². The van der Waals surface area contributed by atoms with Crippen LogP contribution in [0.15, 0.2) is 191 Å². The highest BCUT2D eigenvalue weighted by atomic mass is 16.5. The van der Waals surface area contributed by atoms with E-state index in [9.17, 15) is 5.41 Å². The Hall–Kier alpha value is -7.51. The minimum Gasteiger partial charge on any atom is -0.484 e. The van der Waals surface area contributed by atoms with Gasteiger partial charge in [-0.25, -0.2) is 15.0 Å². The van der Waals surface area contributed by atoms with Crippen molar-refractivity contribution in [3.63, 3.8) is 0 Å². The zero-order chi connectivity index (χ0) is 37.4. The van der Waals surface area contributed by atoms with Crippen LogP contribution in [-0.4, -0.2) is 33.0 Å². The Bertz CT molecular complexity index is 2860. The van der Waals surface area contributed by atoms with Gasteiger partial charge < -0.3 is 9.15 Å². The van der Waals surface area contributed by atoms with E-state index in [0.29, 0.717) is 40.3 Å². The summed E-state index contributed by atoms with van der Waals surface area (Å²) in [6.07, 6.45) is 7.46. The Balaban J connectivity index is 1.06. The van der Waals surface area contributed by atoms with E-state index in [4.69, 9.17) is 29.1 Å². The molecule has 0 saturated carbocycles. The highest BCUT2D eigenvalue weighted by molar-refractivity contribution is 6.17. The maximum atomic E-state index is 9.66. The maximum absolute atomic E-state index is 9.66. The number of benzene rings is 6. The summed E-state index contributed by atoms with van der Waals surface area (Å²) in [7, 11) is 0. The summed E-state index contributed by atoms with van der Waals surface area (Å²) in [6, 6.07) is 52.3. The molecule has 1 aliphatic carbocycles. The van der Waals surface area contributed by atoms with Gasteiger partial charge in [0.25, 0.3) is 0 Å². The van der Waals surface area contributed by atoms with Gasteiger partial charge in [-0.2, -0.15) is 0 Å². The third kappa shape index (κ3) is 6.01. The van der Waals surface area contributed by atoms with Crippen LogP contribution in [0.4, 0.5) is 5.69 Å². The average Bonchev–Trinajstić information content (AvgIpc) is 3.85. The summed E-state index contributed by atoms with van der Waals surface area (Å²) >= 11 is 0. The fourth-order valence-electron chi connectivity index (χ4n) is 7.54. The number of hydrogen-bond acceptors (Lipinski definition) is 7. The second-order valence-corrected chi connectivity index (χ2v) is 13.7. The molecule has 0 saturated heterocycles. The van der Waals surface area contributed by atoms with Crippen LogP contribution in [0.2, 0.25) is 0 Å². The number of rotatable bonds is 8. The van der Waals surface area contributed by atoms with Gasteiger partial charge in [0, 0.05) is 28.3 Å². The number of aliphatic imine (C=N–C) groups is 1. The molecule has 7 heteroatoms. The fourth-order valence-corrected chi connectivity index (χ4v) is 7.54. The Morgan fingerprint density at radius 1 is 0.625 bits per heavy atom. The smallest absolute Gasteiger partial charge is 0.178 e. The molecule has 8 aromatic rings. The average molecular weight is 724 g/mol. The zero-order valence-corrected chi connectivity index (χ0v) is 30.1. The van der Waals surface area contributed by atoms with Gasteiger partial charge in [-0.1, -0.05) is 146 Å². The van der Waals surface area contributed by atoms with Gasteiger partial charge in [0.1, 0.15) is 28.8 Å². The predicted molar refractivity (Wildman–Crippen MR) is 223 cm³/mol. The molecule has 10 rings (SSSR count). The van der Waals surface area contributed by atoms with E-state index in [1.807, 2.05) is 152 Å². The SMILES string of the molecule is N=C(C1=CC=CC2Oc3c(-c4nc(-c5ccccc5)nc(-c5cccc(-c6ccccc6)c5)n4)cccc3C12)c1oc2ccccc2c1N=Cc1ccccc1. The van der Waals surface area contributed by atoms with Crippen LogP contribution in [-0.2, 0) is 0 Å². The van der Waals surface area contributed by atoms with Crippen LogP contribution in [0.1, 0.15) is 22.8 Å². The van der Waals surface area contributed by atoms with E-state index in [1.165, 1.54) is 0 Å². The lowest BCUT2D eigenvalue weighted by Crippen LogP contribution is -2.24. The number of ether oxygens (including phenoxy) is 1. The standard InChI is InChI=1S/C49H33N5O2/c50-43(46-44(36-23-10-11-27-40(36)55-46)51-30-31-15-4-1-5-16-31)37-24-14-28-41-42(37)38-25-13-26-39(45(38)56-41)49-53-47(33-19-8-3-9-20-33)52-48(54-49)35-22-12-21-34(29-35)32-17-6-2-7-18-32/h1-30,41-42,50H. The summed E-state index contributed by atoms with van der Waals surface area (Å²) < 4.78 is 13.2. The van der Waals surface area contributed by atoms with Crippen molar-refractivity contribution in [2.45, 2.75) is 12.0 Å². The minimum atomic E-state index is -0.343. The summed E-state index contributed by atoms with van der Waals surface area (Å²) in [4.78, 5) is 20.0. The molecule has 3 heterocycles. The van der Waals surface area contributed by atoms with Gasteiger partial charge in [0.15, 0.2) is 23.2 Å². The Labute approximate surface area is 323 Å². The van der Waals surface area contributed by atoms with Crippen LogP contribution < -0.4 is 4.74 Å². The molecule has 0 fully saturated rings. The molecule has 6 aromatic carbocycles. The minimum absolute atomic E-state index is 0.259. The molecule has 1 N–H and O–H groups in total. The largest absolute Gasteiger partial charge is 0.484 e. The second-order valence-electron chi connectivity index (χ2n) is 13.7. The fraction of sp³-hybridized carbons (Fsp3) is 0.0408.